The van der Waals surface area contributed by atoms with Gasteiger partial charge in [0.15, 0.2) is 12.1 Å². The summed E-state index contributed by atoms with van der Waals surface area (Å²) in [6.07, 6.45) is 0.470. The van der Waals surface area contributed by atoms with E-state index in [2.05, 4.69) is 13.2 Å². The average molecular weight is 450 g/mol. The molecule has 1 aliphatic heterocycles. The zero-order valence-corrected chi connectivity index (χ0v) is 19.2. The first-order valence-electron chi connectivity index (χ1n) is 9.32. The van der Waals surface area contributed by atoms with Crippen molar-refractivity contribution in [3.8, 4) is 5.75 Å². The molecule has 1 aromatic rings. The maximum atomic E-state index is 12.4. The van der Waals surface area contributed by atoms with Crippen LogP contribution in [0.3, 0.4) is 0 Å². The normalized spacial score (nSPS) is 14.9. The highest BCUT2D eigenvalue weighted by Crippen LogP contribution is 2.32. The lowest BCUT2D eigenvalue weighted by Gasteiger charge is -2.27. The quantitative estimate of drug-likeness (QED) is 0.341. The highest BCUT2D eigenvalue weighted by atomic mass is 35.5. The maximum absolute atomic E-state index is 12.4. The average Bonchev–Trinajstić information content (AvgIpc) is 2.71. The van der Waals surface area contributed by atoms with Crippen molar-refractivity contribution in [1.29, 1.82) is 0 Å². The Kier molecular flexibility index (Phi) is 13.8. The van der Waals surface area contributed by atoms with Gasteiger partial charge in [0.1, 0.15) is 5.75 Å². The third-order valence-corrected chi connectivity index (χ3v) is 5.92. The number of carbonyl (C=O) groups is 1. The highest BCUT2D eigenvalue weighted by molar-refractivity contribution is 7.89. The van der Waals surface area contributed by atoms with Gasteiger partial charge in [-0.15, -0.1) is 24.8 Å². The molecule has 0 fully saturated rings. The Hall–Kier alpha value is -1.45. The van der Waals surface area contributed by atoms with E-state index in [9.17, 15) is 13.2 Å². The molecule has 0 bridgehead atoms. The Labute approximate surface area is 179 Å². The molecule has 1 aliphatic rings. The van der Waals surface area contributed by atoms with Gasteiger partial charge in [0.25, 0.3) is 0 Å². The summed E-state index contributed by atoms with van der Waals surface area (Å²) in [7, 11) is -2.23. The minimum atomic E-state index is -3.65. The van der Waals surface area contributed by atoms with Crippen molar-refractivity contribution < 1.29 is 27.4 Å². The van der Waals surface area contributed by atoms with Crippen molar-refractivity contribution in [2.75, 3.05) is 39.3 Å². The molecule has 0 N–H and O–H groups in total. The second-order valence-corrected chi connectivity index (χ2v) is 7.90. The fraction of sp³-hybridized carbons (Fsp3) is 0.550. The monoisotopic (exact) mass is 449 g/mol. The van der Waals surface area contributed by atoms with Gasteiger partial charge in [-0.3, -0.25) is 4.79 Å². The molecule has 0 atom stereocenters. The van der Waals surface area contributed by atoms with Crippen LogP contribution in [-0.4, -0.2) is 64.1 Å². The van der Waals surface area contributed by atoms with Gasteiger partial charge in [0, 0.05) is 25.6 Å². The Morgan fingerprint density at radius 2 is 1.79 bits per heavy atom. The van der Waals surface area contributed by atoms with Crippen LogP contribution in [0.15, 0.2) is 36.3 Å². The number of benzene rings is 1. The number of sulfonamides is 1. The van der Waals surface area contributed by atoms with E-state index < -0.39 is 10.0 Å². The van der Waals surface area contributed by atoms with E-state index in [-0.39, 0.29) is 35.6 Å². The number of alkyl halides is 1. The van der Waals surface area contributed by atoms with Crippen LogP contribution in [0.5, 0.6) is 5.75 Å². The molecular weight excluding hydrogens is 418 g/mol. The summed E-state index contributed by atoms with van der Waals surface area (Å²) in [6.45, 7) is 13.3. The van der Waals surface area contributed by atoms with Crippen molar-refractivity contribution in [3.05, 3.63) is 36.9 Å². The summed E-state index contributed by atoms with van der Waals surface area (Å²) in [6, 6.07) is 4.58. The second-order valence-electron chi connectivity index (χ2n) is 5.62. The number of methoxy groups -OCH3 is 1. The Morgan fingerprint density at radius 1 is 1.21 bits per heavy atom. The Balaban J connectivity index is 0.000000664. The molecule has 1 heterocycles. The summed E-state index contributed by atoms with van der Waals surface area (Å²) >= 11 is 5.57. The maximum Gasteiger partial charge on any atom is 0.244 e. The predicted molar refractivity (Wildman–Crippen MR) is 115 cm³/mol. The van der Waals surface area contributed by atoms with E-state index in [1.807, 2.05) is 20.8 Å². The predicted octanol–water partition coefficient (Wildman–Crippen LogP) is 3.72. The van der Waals surface area contributed by atoms with Crippen molar-refractivity contribution in [1.82, 2.24) is 4.31 Å². The van der Waals surface area contributed by atoms with Crippen LogP contribution in [0.25, 0.3) is 0 Å². The van der Waals surface area contributed by atoms with Crippen molar-refractivity contribution in [3.63, 3.8) is 0 Å². The first kappa shape index (κ1) is 27.5. The van der Waals surface area contributed by atoms with Gasteiger partial charge in [-0.25, -0.2) is 8.42 Å². The van der Waals surface area contributed by atoms with E-state index in [0.717, 1.165) is 13.2 Å². The van der Waals surface area contributed by atoms with Crippen molar-refractivity contribution >= 4 is 27.4 Å². The third kappa shape index (κ3) is 8.06. The number of ketones is 1. The van der Waals surface area contributed by atoms with Crippen molar-refractivity contribution in [2.24, 2.45) is 0 Å². The first-order chi connectivity index (χ1) is 13.8. The summed E-state index contributed by atoms with van der Waals surface area (Å²) in [5.41, 5.74) is 0.145. The molecule has 2 rings (SSSR count). The number of carbonyl (C=O) groups excluding carboxylic acids is 1. The summed E-state index contributed by atoms with van der Waals surface area (Å²) < 4.78 is 41.2. The number of hydrogen-bond donors (Lipinski definition) is 0. The lowest BCUT2D eigenvalue weighted by atomic mass is 10.1. The number of hydrogen-bond acceptors (Lipinski definition) is 6. The van der Waals surface area contributed by atoms with Crippen LogP contribution in [0, 0.1) is 0 Å². The van der Waals surface area contributed by atoms with Crippen LogP contribution < -0.4 is 4.74 Å². The molecule has 9 heteroatoms. The van der Waals surface area contributed by atoms with Gasteiger partial charge in [-0.1, -0.05) is 6.07 Å². The van der Waals surface area contributed by atoms with Crippen LogP contribution in [-0.2, 0) is 19.5 Å². The third-order valence-electron chi connectivity index (χ3n) is 3.77. The standard InChI is InChI=1S/C12H14ClNO4S.C6H14O2.C2H4/c1-18-10-4-2-5-11-12(10)9(15)8-14(7-3-6-13)19(11,16)17;1-4-7-6(3)8-5-2;1-2/h2,4-5H,3,6-8H2,1H3;6H,4-5H2,1-3H3;1-2H2. The fourth-order valence-corrected chi connectivity index (χ4v) is 4.36. The largest absolute Gasteiger partial charge is 0.496 e. The molecule has 0 aromatic heterocycles. The van der Waals surface area contributed by atoms with Gasteiger partial charge in [0.05, 0.1) is 24.1 Å². The SMILES string of the molecule is C=C.CCOC(C)OCC.COc1cccc2c1C(=O)CN(CCCCl)S2(=O)=O. The lowest BCUT2D eigenvalue weighted by Crippen LogP contribution is -2.41. The number of nitrogens with zero attached hydrogens (tertiary/aromatic N) is 1. The summed E-state index contributed by atoms with van der Waals surface area (Å²) in [5, 5.41) is 0. The van der Waals surface area contributed by atoms with Gasteiger partial charge < -0.3 is 14.2 Å². The van der Waals surface area contributed by atoms with E-state index in [1.54, 1.807) is 12.1 Å². The molecule has 166 valence electrons. The molecule has 1 aromatic carbocycles. The summed E-state index contributed by atoms with van der Waals surface area (Å²) in [4.78, 5) is 12.1. The fourth-order valence-electron chi connectivity index (χ4n) is 2.59. The summed E-state index contributed by atoms with van der Waals surface area (Å²) in [5.74, 6) is 0.394. The Morgan fingerprint density at radius 3 is 2.28 bits per heavy atom. The van der Waals surface area contributed by atoms with Gasteiger partial charge in [-0.05, 0) is 39.3 Å². The number of rotatable bonds is 8. The lowest BCUT2D eigenvalue weighted by molar-refractivity contribution is -0.123. The van der Waals surface area contributed by atoms with E-state index in [4.69, 9.17) is 25.8 Å². The van der Waals surface area contributed by atoms with Gasteiger partial charge in [-0.2, -0.15) is 4.31 Å². The molecule has 29 heavy (non-hydrogen) atoms. The van der Waals surface area contributed by atoms with Crippen LogP contribution in [0.4, 0.5) is 0 Å². The Bertz CT molecular complexity index is 720. The van der Waals surface area contributed by atoms with E-state index in [0.29, 0.717) is 18.1 Å². The highest BCUT2D eigenvalue weighted by Gasteiger charge is 2.37. The van der Waals surface area contributed by atoms with E-state index in [1.165, 1.54) is 17.5 Å². The number of ether oxygens (including phenoxy) is 3. The number of halogens is 1. The molecule has 0 radical (unpaired) electrons. The smallest absolute Gasteiger partial charge is 0.244 e. The van der Waals surface area contributed by atoms with E-state index >= 15 is 0 Å². The van der Waals surface area contributed by atoms with Gasteiger partial charge >= 0.3 is 0 Å². The molecular formula is C20H32ClNO6S. The molecule has 0 aliphatic carbocycles. The molecule has 7 nitrogen and oxygen atoms in total. The van der Waals surface area contributed by atoms with Crippen molar-refractivity contribution in [2.45, 2.75) is 38.4 Å². The number of fused-ring (bicyclic) bond motifs is 1. The molecule has 0 amide bonds. The number of Topliss-reactive ketones (excluding diaryl/α,β-unsaturated/α-hetero) is 1. The molecule has 0 saturated heterocycles. The minimum absolute atomic E-state index is 0.0117. The van der Waals surface area contributed by atoms with Crippen LogP contribution in [0.1, 0.15) is 37.6 Å². The van der Waals surface area contributed by atoms with Crippen LogP contribution in [0.2, 0.25) is 0 Å². The van der Waals surface area contributed by atoms with Gasteiger partial charge in [0.2, 0.25) is 10.0 Å². The first-order valence-corrected chi connectivity index (χ1v) is 11.3. The topological polar surface area (TPSA) is 82.1 Å². The molecule has 0 spiro atoms. The zero-order chi connectivity index (χ0) is 22.4. The minimum Gasteiger partial charge on any atom is -0.496 e. The molecule has 0 unspecified atom stereocenters. The van der Waals surface area contributed by atoms with Crippen LogP contribution >= 0.6 is 11.6 Å². The molecule has 0 saturated carbocycles. The second kappa shape index (κ2) is 14.5. The zero-order valence-electron chi connectivity index (χ0n) is 17.6.